The zero-order valence-corrected chi connectivity index (χ0v) is 23.1. The molecular formula is C33H40N4O2. The molecule has 3 aromatic rings. The monoisotopic (exact) mass is 524 g/mol. The number of carbonyl (C=O) groups is 1. The minimum absolute atomic E-state index is 0.126. The molecule has 0 bridgehead atoms. The molecule has 204 valence electrons. The molecule has 2 aliphatic heterocycles. The van der Waals surface area contributed by atoms with E-state index in [1.807, 2.05) is 38.1 Å². The number of carbonyl (C=O) groups excluding carboxylic acids is 1. The van der Waals surface area contributed by atoms with Crippen LogP contribution in [-0.4, -0.2) is 54.2 Å². The third-order valence-corrected chi connectivity index (χ3v) is 8.33. The Kier molecular flexibility index (Phi) is 8.23. The van der Waals surface area contributed by atoms with E-state index in [0.29, 0.717) is 17.2 Å². The third-order valence-electron chi connectivity index (χ3n) is 8.33. The van der Waals surface area contributed by atoms with E-state index in [9.17, 15) is 9.90 Å². The number of hydrogen-bond acceptors (Lipinski definition) is 5. The molecule has 6 nitrogen and oxygen atoms in total. The van der Waals surface area contributed by atoms with Gasteiger partial charge in [-0.3, -0.25) is 4.79 Å². The van der Waals surface area contributed by atoms with Crippen molar-refractivity contribution in [1.82, 2.24) is 15.5 Å². The van der Waals surface area contributed by atoms with E-state index in [0.717, 1.165) is 85.9 Å². The summed E-state index contributed by atoms with van der Waals surface area (Å²) < 4.78 is 0. The molecule has 6 heteroatoms. The maximum Gasteiger partial charge on any atom is 0.252 e. The zero-order chi connectivity index (χ0) is 27.4. The summed E-state index contributed by atoms with van der Waals surface area (Å²) in [6.07, 6.45) is 3.73. The summed E-state index contributed by atoms with van der Waals surface area (Å²) in [5.74, 6) is 7.26. The van der Waals surface area contributed by atoms with Gasteiger partial charge in [0.2, 0.25) is 0 Å². The number of aliphatic hydroxyl groups is 1. The van der Waals surface area contributed by atoms with Crippen molar-refractivity contribution < 1.29 is 9.90 Å². The highest BCUT2D eigenvalue weighted by Gasteiger charge is 2.32. The zero-order valence-electron chi connectivity index (χ0n) is 23.1. The number of nitrogens with two attached hydrogens (primary N) is 1. The SMILES string of the molecule is Cc1ccc(N)cc1C(=O)NC(C)c1ccc(C#CC2CCN(CC3(O)CCNCC3)CC2)c2ccccc12. The highest BCUT2D eigenvalue weighted by atomic mass is 16.3. The Labute approximate surface area is 232 Å². The summed E-state index contributed by atoms with van der Waals surface area (Å²) in [4.78, 5) is 15.4. The number of nitrogens with zero attached hydrogens (tertiary/aromatic N) is 1. The molecule has 0 aromatic heterocycles. The van der Waals surface area contributed by atoms with Crippen molar-refractivity contribution in [3.8, 4) is 11.8 Å². The largest absolute Gasteiger partial charge is 0.399 e. The van der Waals surface area contributed by atoms with Crippen LogP contribution >= 0.6 is 0 Å². The van der Waals surface area contributed by atoms with Crippen molar-refractivity contribution in [3.63, 3.8) is 0 Å². The van der Waals surface area contributed by atoms with Crippen molar-refractivity contribution >= 4 is 22.4 Å². The topological polar surface area (TPSA) is 90.6 Å². The van der Waals surface area contributed by atoms with Crippen molar-refractivity contribution in [3.05, 3.63) is 76.9 Å². The first-order valence-electron chi connectivity index (χ1n) is 14.2. The summed E-state index contributed by atoms with van der Waals surface area (Å²) in [6, 6.07) is 17.7. The summed E-state index contributed by atoms with van der Waals surface area (Å²) >= 11 is 0. The Balaban J connectivity index is 1.27. The van der Waals surface area contributed by atoms with Crippen molar-refractivity contribution in [2.75, 3.05) is 38.5 Å². The van der Waals surface area contributed by atoms with Gasteiger partial charge in [-0.25, -0.2) is 0 Å². The molecule has 0 aliphatic carbocycles. The lowest BCUT2D eigenvalue weighted by molar-refractivity contribution is -0.0261. The molecule has 0 radical (unpaired) electrons. The number of nitrogen functional groups attached to an aromatic ring is 1. The van der Waals surface area contributed by atoms with Crippen LogP contribution in [0.15, 0.2) is 54.6 Å². The molecule has 2 heterocycles. The van der Waals surface area contributed by atoms with Crippen LogP contribution in [0.5, 0.6) is 0 Å². The maximum absolute atomic E-state index is 13.0. The van der Waals surface area contributed by atoms with Gasteiger partial charge in [-0.1, -0.05) is 48.2 Å². The van der Waals surface area contributed by atoms with Crippen molar-refractivity contribution in [1.29, 1.82) is 0 Å². The fraction of sp³-hybridized carbons (Fsp3) is 0.424. The number of β-amino-alcohol motifs (C(OH)–C–C–N with tert-alkyl or cyclic N) is 1. The van der Waals surface area contributed by atoms with Gasteiger partial charge in [-0.2, -0.15) is 0 Å². The van der Waals surface area contributed by atoms with E-state index in [-0.39, 0.29) is 11.9 Å². The fourth-order valence-corrected chi connectivity index (χ4v) is 5.93. The number of aryl methyl sites for hydroxylation is 1. The Morgan fingerprint density at radius 3 is 2.59 bits per heavy atom. The summed E-state index contributed by atoms with van der Waals surface area (Å²) in [5, 5.41) is 19.6. The molecule has 1 unspecified atom stereocenters. The van der Waals surface area contributed by atoms with Gasteiger partial charge in [0.15, 0.2) is 0 Å². The van der Waals surface area contributed by atoms with E-state index < -0.39 is 5.60 Å². The highest BCUT2D eigenvalue weighted by molar-refractivity contribution is 5.97. The average Bonchev–Trinajstić information content (AvgIpc) is 2.94. The molecule has 2 aliphatic rings. The fourth-order valence-electron chi connectivity index (χ4n) is 5.93. The van der Waals surface area contributed by atoms with Gasteiger partial charge >= 0.3 is 0 Å². The molecule has 0 saturated carbocycles. The summed E-state index contributed by atoms with van der Waals surface area (Å²) in [5.41, 5.74) is 9.54. The molecule has 2 saturated heterocycles. The number of amides is 1. The lowest BCUT2D eigenvalue weighted by Gasteiger charge is -2.39. The molecule has 1 amide bonds. The van der Waals surface area contributed by atoms with Gasteiger partial charge in [-0.05, 0) is 106 Å². The van der Waals surface area contributed by atoms with E-state index in [2.05, 4.69) is 51.6 Å². The van der Waals surface area contributed by atoms with Crippen LogP contribution < -0.4 is 16.4 Å². The first-order chi connectivity index (χ1) is 18.8. The number of rotatable bonds is 5. The normalized spacial score (nSPS) is 18.7. The lowest BCUT2D eigenvalue weighted by Crippen LogP contribution is -2.51. The lowest BCUT2D eigenvalue weighted by atomic mass is 9.89. The van der Waals surface area contributed by atoms with Crippen LogP contribution in [0.1, 0.15) is 65.7 Å². The third kappa shape index (κ3) is 6.45. The molecule has 5 rings (SSSR count). The maximum atomic E-state index is 13.0. The second-order valence-corrected chi connectivity index (χ2v) is 11.3. The minimum Gasteiger partial charge on any atom is -0.399 e. The summed E-state index contributed by atoms with van der Waals surface area (Å²) in [7, 11) is 0. The van der Waals surface area contributed by atoms with E-state index in [1.54, 1.807) is 6.07 Å². The van der Waals surface area contributed by atoms with E-state index in [1.165, 1.54) is 0 Å². The van der Waals surface area contributed by atoms with Crippen molar-refractivity contribution in [2.24, 2.45) is 5.92 Å². The molecule has 3 aromatic carbocycles. The van der Waals surface area contributed by atoms with Gasteiger partial charge < -0.3 is 26.4 Å². The Morgan fingerprint density at radius 2 is 1.85 bits per heavy atom. The van der Waals surface area contributed by atoms with E-state index >= 15 is 0 Å². The first-order valence-corrected chi connectivity index (χ1v) is 14.2. The molecule has 39 heavy (non-hydrogen) atoms. The smallest absolute Gasteiger partial charge is 0.252 e. The Hall–Kier alpha value is -3.37. The van der Waals surface area contributed by atoms with Crippen LogP contribution in [0.25, 0.3) is 10.8 Å². The van der Waals surface area contributed by atoms with Gasteiger partial charge in [-0.15, -0.1) is 0 Å². The molecule has 1 atom stereocenters. The minimum atomic E-state index is -0.547. The van der Waals surface area contributed by atoms with Gasteiger partial charge in [0, 0.05) is 29.3 Å². The number of piperidine rings is 2. The number of hydrogen-bond donors (Lipinski definition) is 4. The number of likely N-dealkylation sites (tertiary alicyclic amines) is 1. The quantitative estimate of drug-likeness (QED) is 0.293. The second-order valence-electron chi connectivity index (χ2n) is 11.3. The van der Waals surface area contributed by atoms with Crippen LogP contribution in [-0.2, 0) is 0 Å². The molecule has 5 N–H and O–H groups in total. The van der Waals surface area contributed by atoms with E-state index in [4.69, 9.17) is 5.73 Å². The predicted octanol–water partition coefficient (Wildman–Crippen LogP) is 4.40. The Bertz CT molecular complexity index is 1390. The number of benzene rings is 3. The first kappa shape index (κ1) is 27.2. The van der Waals surface area contributed by atoms with Crippen LogP contribution in [0.2, 0.25) is 0 Å². The molecule has 2 fully saturated rings. The summed E-state index contributed by atoms with van der Waals surface area (Å²) in [6.45, 7) is 8.48. The van der Waals surface area contributed by atoms with Crippen LogP contribution in [0.4, 0.5) is 5.69 Å². The van der Waals surface area contributed by atoms with Crippen LogP contribution in [0, 0.1) is 24.7 Å². The number of nitrogens with one attached hydrogen (secondary N) is 2. The predicted molar refractivity (Wildman–Crippen MR) is 159 cm³/mol. The number of fused-ring (bicyclic) bond motifs is 1. The number of anilines is 1. The highest BCUT2D eigenvalue weighted by Crippen LogP contribution is 2.28. The Morgan fingerprint density at radius 1 is 1.13 bits per heavy atom. The van der Waals surface area contributed by atoms with Gasteiger partial charge in [0.1, 0.15) is 0 Å². The van der Waals surface area contributed by atoms with Crippen LogP contribution in [0.3, 0.4) is 0 Å². The van der Waals surface area contributed by atoms with Gasteiger partial charge in [0.25, 0.3) is 5.91 Å². The molecular weight excluding hydrogens is 484 g/mol. The standard InChI is InChI=1S/C33H40N4O2/c1-23-7-11-27(34)21-31(23)32(38)36-24(2)28-12-10-26(29-5-3-4-6-30(28)29)9-8-25-13-19-37(20-14-25)22-33(39)15-17-35-18-16-33/h3-7,10-12,21,24-25,35,39H,13-20,22,34H2,1-2H3,(H,36,38). The molecule has 0 spiro atoms. The van der Waals surface area contributed by atoms with Gasteiger partial charge in [0.05, 0.1) is 11.6 Å². The average molecular weight is 525 g/mol. The van der Waals surface area contributed by atoms with Crippen molar-refractivity contribution in [2.45, 2.75) is 51.2 Å². The second kappa shape index (κ2) is 11.8.